The van der Waals surface area contributed by atoms with E-state index in [1.54, 1.807) is 11.8 Å². The molecule has 0 bridgehead atoms. The van der Waals surface area contributed by atoms with E-state index in [1.165, 1.54) is 5.56 Å². The van der Waals surface area contributed by atoms with Crippen LogP contribution >= 0.6 is 11.8 Å². The third kappa shape index (κ3) is 2.68. The second-order valence-corrected chi connectivity index (χ2v) is 5.45. The van der Waals surface area contributed by atoms with Crippen LogP contribution in [0.5, 0.6) is 0 Å². The highest BCUT2D eigenvalue weighted by Crippen LogP contribution is 2.22. The highest BCUT2D eigenvalue weighted by molar-refractivity contribution is 7.99. The van der Waals surface area contributed by atoms with Crippen molar-refractivity contribution in [2.24, 2.45) is 0 Å². The number of hydrogen-bond acceptors (Lipinski definition) is 4. The lowest BCUT2D eigenvalue weighted by Crippen LogP contribution is -2.08. The molecule has 0 spiro atoms. The summed E-state index contributed by atoms with van der Waals surface area (Å²) in [4.78, 5) is 7.88. The van der Waals surface area contributed by atoms with E-state index >= 15 is 0 Å². The average molecular weight is 264 g/mol. The van der Waals surface area contributed by atoms with E-state index in [2.05, 4.69) is 35.1 Å². The zero-order chi connectivity index (χ0) is 12.4. The van der Waals surface area contributed by atoms with Crippen LogP contribution in [0.25, 0.3) is 11.0 Å². The van der Waals surface area contributed by atoms with Crippen molar-refractivity contribution in [2.75, 3.05) is 19.0 Å². The number of thioether (sulfide) groups is 1. The third-order valence-corrected chi connectivity index (χ3v) is 3.81. The minimum atomic E-state index is -0.0240. The minimum absolute atomic E-state index is 0.0240. The number of nitrogens with one attached hydrogen (secondary N) is 1. The maximum atomic E-state index is 5.40. The summed E-state index contributed by atoms with van der Waals surface area (Å²) in [6, 6.07) is 6.25. The number of ether oxygens (including phenoxy) is 2. The molecule has 0 aliphatic carbocycles. The molecule has 1 aromatic carbocycles. The molecule has 0 atom stereocenters. The zero-order valence-electron chi connectivity index (χ0n) is 10.3. The Morgan fingerprint density at radius 2 is 2.22 bits per heavy atom. The normalized spacial score (nSPS) is 16.7. The third-order valence-electron chi connectivity index (χ3n) is 2.90. The van der Waals surface area contributed by atoms with Gasteiger partial charge in [0.05, 0.1) is 24.2 Å². The molecule has 0 unspecified atom stereocenters. The van der Waals surface area contributed by atoms with Crippen LogP contribution < -0.4 is 0 Å². The fraction of sp³-hybridized carbons (Fsp3) is 0.462. The molecule has 2 aromatic rings. The Kier molecular flexibility index (Phi) is 3.54. The molecule has 1 N–H and O–H groups in total. The lowest BCUT2D eigenvalue weighted by atomic mass is 10.2. The van der Waals surface area contributed by atoms with Crippen LogP contribution in [-0.2, 0) is 9.47 Å². The Morgan fingerprint density at radius 3 is 3.06 bits per heavy atom. The molecule has 96 valence electrons. The van der Waals surface area contributed by atoms with Crippen molar-refractivity contribution < 1.29 is 9.47 Å². The van der Waals surface area contributed by atoms with Gasteiger partial charge in [0, 0.05) is 12.2 Å². The summed E-state index contributed by atoms with van der Waals surface area (Å²) in [5.74, 6) is 0.948. The topological polar surface area (TPSA) is 47.1 Å². The second kappa shape index (κ2) is 5.30. The molecular formula is C13H16N2O2S. The highest BCUT2D eigenvalue weighted by Gasteiger charge is 2.15. The maximum Gasteiger partial charge on any atom is 0.166 e. The van der Waals surface area contributed by atoms with Crippen molar-refractivity contribution in [1.29, 1.82) is 0 Å². The standard InChI is InChI=1S/C13H16N2O2S/c1-9-2-3-10-11(8-9)15-13(14-10)18-7-4-12-16-5-6-17-12/h2-3,8,12H,4-7H2,1H3,(H,14,15). The number of aromatic amines is 1. The van der Waals surface area contributed by atoms with Gasteiger partial charge in [0.1, 0.15) is 0 Å². The van der Waals surface area contributed by atoms with Gasteiger partial charge in [0.25, 0.3) is 0 Å². The van der Waals surface area contributed by atoms with Gasteiger partial charge in [-0.25, -0.2) is 4.98 Å². The number of benzene rings is 1. The number of H-pyrrole nitrogens is 1. The monoisotopic (exact) mass is 264 g/mol. The molecule has 1 aliphatic heterocycles. The van der Waals surface area contributed by atoms with Crippen LogP contribution in [0.2, 0.25) is 0 Å². The molecule has 0 saturated carbocycles. The van der Waals surface area contributed by atoms with Gasteiger partial charge in [-0.2, -0.15) is 0 Å². The molecule has 1 aromatic heterocycles. The van der Waals surface area contributed by atoms with E-state index < -0.39 is 0 Å². The van der Waals surface area contributed by atoms with Crippen molar-refractivity contribution in [3.63, 3.8) is 0 Å². The average Bonchev–Trinajstić information content (AvgIpc) is 2.97. The molecule has 5 heteroatoms. The molecule has 18 heavy (non-hydrogen) atoms. The van der Waals surface area contributed by atoms with E-state index in [0.29, 0.717) is 0 Å². The van der Waals surface area contributed by atoms with E-state index in [-0.39, 0.29) is 6.29 Å². The Labute approximate surface area is 110 Å². The largest absolute Gasteiger partial charge is 0.350 e. The van der Waals surface area contributed by atoms with Gasteiger partial charge < -0.3 is 14.5 Å². The zero-order valence-corrected chi connectivity index (χ0v) is 11.1. The van der Waals surface area contributed by atoms with Gasteiger partial charge in [-0.1, -0.05) is 17.8 Å². The van der Waals surface area contributed by atoms with Gasteiger partial charge >= 0.3 is 0 Å². The van der Waals surface area contributed by atoms with Gasteiger partial charge in [-0.05, 0) is 24.6 Å². The number of hydrogen-bond donors (Lipinski definition) is 1. The van der Waals surface area contributed by atoms with Gasteiger partial charge in [-0.3, -0.25) is 0 Å². The SMILES string of the molecule is Cc1ccc2nc(SCCC3OCCO3)[nH]c2c1. The lowest BCUT2D eigenvalue weighted by molar-refractivity contribution is -0.0421. The molecule has 0 radical (unpaired) electrons. The van der Waals surface area contributed by atoms with Gasteiger partial charge in [0.2, 0.25) is 0 Å². The Hall–Kier alpha value is -1.04. The summed E-state index contributed by atoms with van der Waals surface area (Å²) in [5, 5.41) is 0.966. The van der Waals surface area contributed by atoms with E-state index in [4.69, 9.17) is 9.47 Å². The number of aryl methyl sites for hydroxylation is 1. The molecule has 3 rings (SSSR count). The number of fused-ring (bicyclic) bond motifs is 1. The Bertz CT molecular complexity index is 535. The first-order chi connectivity index (χ1) is 8.81. The predicted octanol–water partition coefficient (Wildman–Crippen LogP) is 2.73. The Morgan fingerprint density at radius 1 is 1.39 bits per heavy atom. The first-order valence-corrected chi connectivity index (χ1v) is 7.12. The van der Waals surface area contributed by atoms with Crippen LogP contribution in [0.1, 0.15) is 12.0 Å². The quantitative estimate of drug-likeness (QED) is 0.863. The van der Waals surface area contributed by atoms with Crippen LogP contribution in [0.15, 0.2) is 23.4 Å². The molecule has 1 fully saturated rings. The van der Waals surface area contributed by atoms with Crippen LogP contribution in [0.4, 0.5) is 0 Å². The van der Waals surface area contributed by atoms with Crippen LogP contribution in [-0.4, -0.2) is 35.2 Å². The van der Waals surface area contributed by atoms with E-state index in [9.17, 15) is 0 Å². The summed E-state index contributed by atoms with van der Waals surface area (Å²) in [6.45, 7) is 3.53. The smallest absolute Gasteiger partial charge is 0.166 e. The van der Waals surface area contributed by atoms with E-state index in [1.807, 2.05) is 0 Å². The number of nitrogens with zero attached hydrogens (tertiary/aromatic N) is 1. The van der Waals surface area contributed by atoms with Crippen LogP contribution in [0, 0.1) is 6.92 Å². The number of rotatable bonds is 4. The summed E-state index contributed by atoms with van der Waals surface area (Å²) < 4.78 is 10.8. The second-order valence-electron chi connectivity index (χ2n) is 4.37. The fourth-order valence-corrected chi connectivity index (χ4v) is 2.84. The van der Waals surface area contributed by atoms with Gasteiger partial charge in [0.15, 0.2) is 11.4 Å². The summed E-state index contributed by atoms with van der Waals surface area (Å²) in [7, 11) is 0. The lowest BCUT2D eigenvalue weighted by Gasteiger charge is -2.06. The van der Waals surface area contributed by atoms with Crippen molar-refractivity contribution in [3.05, 3.63) is 23.8 Å². The van der Waals surface area contributed by atoms with Crippen molar-refractivity contribution in [1.82, 2.24) is 9.97 Å². The predicted molar refractivity (Wildman–Crippen MR) is 71.9 cm³/mol. The molecular weight excluding hydrogens is 248 g/mol. The number of imidazole rings is 1. The van der Waals surface area contributed by atoms with Crippen molar-refractivity contribution in [2.45, 2.75) is 24.8 Å². The fourth-order valence-electron chi connectivity index (χ4n) is 1.99. The Balaban J connectivity index is 1.60. The highest BCUT2D eigenvalue weighted by atomic mass is 32.2. The molecule has 4 nitrogen and oxygen atoms in total. The van der Waals surface area contributed by atoms with Crippen LogP contribution in [0.3, 0.4) is 0 Å². The maximum absolute atomic E-state index is 5.40. The van der Waals surface area contributed by atoms with Crippen molar-refractivity contribution >= 4 is 22.8 Å². The minimum Gasteiger partial charge on any atom is -0.350 e. The summed E-state index contributed by atoms with van der Waals surface area (Å²) >= 11 is 1.71. The molecule has 1 saturated heterocycles. The number of aromatic nitrogens is 2. The van der Waals surface area contributed by atoms with Gasteiger partial charge in [-0.15, -0.1) is 0 Å². The van der Waals surface area contributed by atoms with Crippen molar-refractivity contribution in [3.8, 4) is 0 Å². The first kappa shape index (κ1) is 12.0. The molecule has 0 amide bonds. The summed E-state index contributed by atoms with van der Waals surface area (Å²) in [5.41, 5.74) is 3.37. The molecule has 1 aliphatic rings. The molecule has 2 heterocycles. The first-order valence-electron chi connectivity index (χ1n) is 6.14. The van der Waals surface area contributed by atoms with E-state index in [0.717, 1.165) is 41.6 Å². The summed E-state index contributed by atoms with van der Waals surface area (Å²) in [6.07, 6.45) is 0.880.